The van der Waals surface area contributed by atoms with Gasteiger partial charge in [0.25, 0.3) is 0 Å². The van der Waals surface area contributed by atoms with Gasteiger partial charge in [0.15, 0.2) is 0 Å². The standard InChI is InChI=1S/C21H15N2OS.C14H14N.Ir/c1-11-7-8-15-14-5-4-6-16(20(14)24-21(15)23-11)18-9-19-17(10-22-18)12(2)13(3)25-19;1-10-4-6-13(7-5-10)14-8-11(2)12(3)9-15-14;/h4-5,7-10H,1-3H3;4-6,8-9H,1-3H3;/q2*-1;. The monoisotopic (exact) mass is 732 g/mol. The molecule has 41 heavy (non-hydrogen) atoms. The Labute approximate surface area is 257 Å². The van der Waals surface area contributed by atoms with Gasteiger partial charge >= 0.3 is 0 Å². The van der Waals surface area contributed by atoms with Crippen LogP contribution in [0, 0.1) is 53.7 Å². The maximum absolute atomic E-state index is 6.08. The van der Waals surface area contributed by atoms with Gasteiger partial charge in [-0.1, -0.05) is 35.6 Å². The summed E-state index contributed by atoms with van der Waals surface area (Å²) in [4.78, 5) is 14.9. The number of aromatic nitrogens is 3. The van der Waals surface area contributed by atoms with Gasteiger partial charge in [-0.3, -0.25) is 0 Å². The van der Waals surface area contributed by atoms with Crippen LogP contribution in [0.25, 0.3) is 54.7 Å². The van der Waals surface area contributed by atoms with Crippen molar-refractivity contribution in [3.63, 3.8) is 0 Å². The van der Waals surface area contributed by atoms with E-state index in [4.69, 9.17) is 4.42 Å². The van der Waals surface area contributed by atoms with E-state index in [9.17, 15) is 0 Å². The quantitative estimate of drug-likeness (QED) is 0.166. The van der Waals surface area contributed by atoms with Gasteiger partial charge < -0.3 is 14.4 Å². The third kappa shape index (κ3) is 5.60. The number of nitrogens with zero attached hydrogens (tertiary/aromatic N) is 3. The van der Waals surface area contributed by atoms with Crippen LogP contribution in [0.2, 0.25) is 0 Å². The molecular weight excluding hydrogens is 703 g/mol. The van der Waals surface area contributed by atoms with Crippen molar-refractivity contribution in [3.8, 4) is 22.5 Å². The smallest absolute Gasteiger partial charge is 0.216 e. The molecule has 0 bridgehead atoms. The molecule has 0 unspecified atom stereocenters. The molecular formula is C35H29IrN3OS-2. The Kier molecular flexibility index (Phi) is 8.19. The predicted octanol–water partition coefficient (Wildman–Crippen LogP) is 9.45. The van der Waals surface area contributed by atoms with E-state index in [2.05, 4.69) is 92.0 Å². The Hall–Kier alpha value is -3.70. The first kappa shape index (κ1) is 28.8. The number of benzene rings is 2. The summed E-state index contributed by atoms with van der Waals surface area (Å²) in [6.45, 7) is 12.5. The van der Waals surface area contributed by atoms with Gasteiger partial charge in [-0.2, -0.15) is 0 Å². The van der Waals surface area contributed by atoms with Crippen molar-refractivity contribution >= 4 is 43.5 Å². The first-order chi connectivity index (χ1) is 19.3. The van der Waals surface area contributed by atoms with Crippen LogP contribution in [0.5, 0.6) is 0 Å². The second kappa shape index (κ2) is 11.7. The maximum Gasteiger partial charge on any atom is 0.216 e. The van der Waals surface area contributed by atoms with Crippen molar-refractivity contribution in [2.24, 2.45) is 0 Å². The van der Waals surface area contributed by atoms with E-state index in [1.165, 1.54) is 37.2 Å². The number of thiophene rings is 1. The minimum atomic E-state index is 0. The molecule has 0 aliphatic heterocycles. The molecule has 5 heterocycles. The summed E-state index contributed by atoms with van der Waals surface area (Å²) in [5.74, 6) is 0. The molecule has 4 nitrogen and oxygen atoms in total. The average molecular weight is 732 g/mol. The van der Waals surface area contributed by atoms with Crippen LogP contribution >= 0.6 is 11.3 Å². The van der Waals surface area contributed by atoms with E-state index in [-0.39, 0.29) is 20.1 Å². The van der Waals surface area contributed by atoms with E-state index in [1.807, 2.05) is 43.6 Å². The predicted molar refractivity (Wildman–Crippen MR) is 166 cm³/mol. The molecule has 0 amide bonds. The van der Waals surface area contributed by atoms with Crippen molar-refractivity contribution in [3.05, 3.63) is 112 Å². The zero-order valence-corrected chi connectivity index (χ0v) is 27.1. The van der Waals surface area contributed by atoms with E-state index in [1.54, 1.807) is 11.3 Å². The summed E-state index contributed by atoms with van der Waals surface area (Å²) in [5, 5.41) is 3.30. The number of rotatable bonds is 2. The summed E-state index contributed by atoms with van der Waals surface area (Å²) in [6.07, 6.45) is 3.87. The molecule has 0 fully saturated rings. The third-order valence-corrected chi connectivity index (χ3v) is 8.54. The first-order valence-corrected chi connectivity index (χ1v) is 14.1. The minimum Gasteiger partial charge on any atom is -0.486 e. The number of hydrogen-bond donors (Lipinski definition) is 0. The molecule has 7 rings (SSSR count). The Morgan fingerprint density at radius 2 is 1.56 bits per heavy atom. The fourth-order valence-electron chi connectivity index (χ4n) is 4.71. The van der Waals surface area contributed by atoms with Crippen molar-refractivity contribution < 1.29 is 24.5 Å². The molecule has 207 valence electrons. The molecule has 7 aromatic rings. The van der Waals surface area contributed by atoms with Gasteiger partial charge in [-0.15, -0.1) is 64.9 Å². The zero-order valence-electron chi connectivity index (χ0n) is 23.8. The molecule has 0 saturated carbocycles. The van der Waals surface area contributed by atoms with Gasteiger partial charge in [0.1, 0.15) is 0 Å². The second-order valence-electron chi connectivity index (χ2n) is 10.3. The van der Waals surface area contributed by atoms with Crippen LogP contribution in [0.15, 0.2) is 71.4 Å². The molecule has 5 aromatic heterocycles. The summed E-state index contributed by atoms with van der Waals surface area (Å²) >= 11 is 1.80. The number of aryl methyl sites for hydroxylation is 6. The normalized spacial score (nSPS) is 11.0. The van der Waals surface area contributed by atoms with Gasteiger partial charge in [-0.25, -0.2) is 4.98 Å². The molecule has 0 saturated heterocycles. The fourth-order valence-corrected chi connectivity index (χ4v) is 5.79. The topological polar surface area (TPSA) is 51.8 Å². The summed E-state index contributed by atoms with van der Waals surface area (Å²) in [7, 11) is 0. The van der Waals surface area contributed by atoms with Crippen LogP contribution in [0.4, 0.5) is 0 Å². The van der Waals surface area contributed by atoms with Crippen LogP contribution < -0.4 is 0 Å². The molecule has 6 heteroatoms. The number of pyridine rings is 3. The fraction of sp³-hybridized carbons (Fsp3) is 0.171. The van der Waals surface area contributed by atoms with Gasteiger partial charge in [0.05, 0.1) is 5.58 Å². The van der Waals surface area contributed by atoms with Crippen molar-refractivity contribution in [1.82, 2.24) is 15.0 Å². The van der Waals surface area contributed by atoms with Gasteiger partial charge in [0, 0.05) is 58.5 Å². The summed E-state index contributed by atoms with van der Waals surface area (Å²) < 4.78 is 7.33. The largest absolute Gasteiger partial charge is 0.486 e. The number of hydrogen-bond acceptors (Lipinski definition) is 5. The van der Waals surface area contributed by atoms with Crippen molar-refractivity contribution in [2.45, 2.75) is 41.5 Å². The number of furan rings is 1. The number of fused-ring (bicyclic) bond motifs is 4. The van der Waals surface area contributed by atoms with E-state index >= 15 is 0 Å². The molecule has 0 atom stereocenters. The van der Waals surface area contributed by atoms with Crippen LogP contribution in [-0.2, 0) is 20.1 Å². The van der Waals surface area contributed by atoms with Crippen molar-refractivity contribution in [1.29, 1.82) is 0 Å². The third-order valence-electron chi connectivity index (χ3n) is 7.37. The van der Waals surface area contributed by atoms with Gasteiger partial charge in [-0.05, 0) is 69.3 Å². The summed E-state index contributed by atoms with van der Waals surface area (Å²) in [6, 6.07) is 25.0. The van der Waals surface area contributed by atoms with Crippen molar-refractivity contribution in [2.75, 3.05) is 0 Å². The van der Waals surface area contributed by atoms with E-state index in [0.29, 0.717) is 5.71 Å². The molecule has 2 aromatic carbocycles. The molecule has 0 N–H and O–H groups in total. The summed E-state index contributed by atoms with van der Waals surface area (Å²) in [5.41, 5.74) is 11.3. The Balaban J connectivity index is 0.000000182. The van der Waals surface area contributed by atoms with Crippen LogP contribution in [0.3, 0.4) is 0 Å². The van der Waals surface area contributed by atoms with Crippen LogP contribution in [0.1, 0.15) is 32.8 Å². The first-order valence-electron chi connectivity index (χ1n) is 13.3. The minimum absolute atomic E-state index is 0. The van der Waals surface area contributed by atoms with E-state index < -0.39 is 0 Å². The van der Waals surface area contributed by atoms with Gasteiger partial charge in [0.2, 0.25) is 5.71 Å². The molecule has 0 aliphatic carbocycles. The second-order valence-corrected chi connectivity index (χ2v) is 11.5. The maximum atomic E-state index is 6.08. The molecule has 0 aliphatic rings. The van der Waals surface area contributed by atoms with Crippen LogP contribution in [-0.4, -0.2) is 15.0 Å². The Morgan fingerprint density at radius 1 is 0.756 bits per heavy atom. The van der Waals surface area contributed by atoms with E-state index in [0.717, 1.165) is 44.6 Å². The average Bonchev–Trinajstić information content (AvgIpc) is 3.46. The Morgan fingerprint density at radius 3 is 2.32 bits per heavy atom. The SMILES string of the molecule is Cc1c[c-]c(-c2cc(C)c(C)cn2)cc1.Cc1ccc2c(n1)oc1c(-c3cc4sc(C)c(C)c4cn3)[c-]ccc12.[Ir]. The Bertz CT molecular complexity index is 2020. The molecule has 0 spiro atoms. The zero-order chi connectivity index (χ0) is 28.0. The molecule has 1 radical (unpaired) electrons.